The molecule has 9 heteroatoms. The van der Waals surface area contributed by atoms with Crippen LogP contribution in [0.5, 0.6) is 5.75 Å². The summed E-state index contributed by atoms with van der Waals surface area (Å²) in [6, 6.07) is 5.53. The van der Waals surface area contributed by atoms with E-state index >= 15 is 0 Å². The molecule has 0 aliphatic heterocycles. The third-order valence-electron chi connectivity index (χ3n) is 2.85. The van der Waals surface area contributed by atoms with E-state index in [4.69, 9.17) is 0 Å². The molecule has 0 radical (unpaired) electrons. The summed E-state index contributed by atoms with van der Waals surface area (Å²) in [4.78, 5) is 3.93. The largest absolute Gasteiger partial charge is 0.573 e. The second-order valence-electron chi connectivity index (χ2n) is 4.82. The van der Waals surface area contributed by atoms with Gasteiger partial charge in [-0.3, -0.25) is 9.71 Å². The maximum absolute atomic E-state index is 12.6. The van der Waals surface area contributed by atoms with Gasteiger partial charge >= 0.3 is 6.36 Å². The minimum absolute atomic E-state index is 0.296. The van der Waals surface area contributed by atoms with Gasteiger partial charge in [0.15, 0.2) is 5.75 Å². The normalized spacial score (nSPS) is 12.0. The van der Waals surface area contributed by atoms with Crippen molar-refractivity contribution >= 4 is 15.7 Å². The molecule has 1 heterocycles. The Bertz CT molecular complexity index is 820. The minimum Gasteiger partial charge on any atom is -0.404 e. The zero-order valence-corrected chi connectivity index (χ0v) is 13.0. The zero-order chi connectivity index (χ0) is 17.3. The summed E-state index contributed by atoms with van der Waals surface area (Å²) in [5.74, 6) is -0.635. The quantitative estimate of drug-likeness (QED) is 0.922. The summed E-state index contributed by atoms with van der Waals surface area (Å²) in [5, 5.41) is 0. The van der Waals surface area contributed by atoms with Crippen LogP contribution >= 0.6 is 0 Å². The Morgan fingerprint density at radius 1 is 1.22 bits per heavy atom. The van der Waals surface area contributed by atoms with Crippen molar-refractivity contribution in [2.45, 2.75) is 13.3 Å². The fourth-order valence-corrected chi connectivity index (χ4v) is 2.52. The molecule has 124 valence electrons. The van der Waals surface area contributed by atoms with Gasteiger partial charge in [0.05, 0.1) is 11.9 Å². The number of sulfonamides is 1. The lowest BCUT2D eigenvalue weighted by atomic mass is 10.0. The van der Waals surface area contributed by atoms with Crippen LogP contribution < -0.4 is 9.46 Å². The first-order chi connectivity index (χ1) is 10.6. The molecule has 0 atom stereocenters. The van der Waals surface area contributed by atoms with Gasteiger partial charge < -0.3 is 4.74 Å². The Kier molecular flexibility index (Phi) is 4.51. The maximum atomic E-state index is 12.6. The van der Waals surface area contributed by atoms with Gasteiger partial charge in [-0.05, 0) is 36.2 Å². The van der Waals surface area contributed by atoms with Crippen LogP contribution in [0.1, 0.15) is 5.56 Å². The number of halogens is 3. The summed E-state index contributed by atoms with van der Waals surface area (Å²) in [7, 11) is -3.75. The van der Waals surface area contributed by atoms with E-state index in [1.54, 1.807) is 19.2 Å². The SMILES string of the molecule is Cc1ccncc1-c1ccc(NS(C)(=O)=O)c(OC(F)(F)F)c1. The molecule has 0 aliphatic rings. The molecule has 23 heavy (non-hydrogen) atoms. The van der Waals surface area contributed by atoms with Crippen molar-refractivity contribution in [1.82, 2.24) is 4.98 Å². The van der Waals surface area contributed by atoms with Gasteiger partial charge in [-0.15, -0.1) is 13.2 Å². The molecule has 0 aliphatic carbocycles. The fourth-order valence-electron chi connectivity index (χ4n) is 1.95. The number of aryl methyl sites for hydroxylation is 1. The number of alkyl halides is 3. The molecule has 5 nitrogen and oxygen atoms in total. The second kappa shape index (κ2) is 6.07. The first-order valence-electron chi connectivity index (χ1n) is 6.34. The molecule has 1 aromatic heterocycles. The van der Waals surface area contributed by atoms with E-state index in [9.17, 15) is 21.6 Å². The molecule has 0 saturated carbocycles. The van der Waals surface area contributed by atoms with Gasteiger partial charge in [0, 0.05) is 18.0 Å². The summed E-state index contributed by atoms with van der Waals surface area (Å²) < 4.78 is 66.1. The number of benzene rings is 1. The lowest BCUT2D eigenvalue weighted by molar-refractivity contribution is -0.274. The van der Waals surface area contributed by atoms with Crippen LogP contribution in [0.2, 0.25) is 0 Å². The number of anilines is 1. The van der Waals surface area contributed by atoms with Gasteiger partial charge in [0.25, 0.3) is 0 Å². The van der Waals surface area contributed by atoms with Crippen molar-refractivity contribution in [3.63, 3.8) is 0 Å². The van der Waals surface area contributed by atoms with Crippen molar-refractivity contribution in [2.75, 3.05) is 11.0 Å². The minimum atomic E-state index is -4.95. The van der Waals surface area contributed by atoms with Crippen LogP contribution in [0.3, 0.4) is 0 Å². The Balaban J connectivity index is 2.53. The lowest BCUT2D eigenvalue weighted by Gasteiger charge is -2.15. The van der Waals surface area contributed by atoms with E-state index in [0.717, 1.165) is 17.9 Å². The number of aromatic nitrogens is 1. The number of nitrogens with one attached hydrogen (secondary N) is 1. The van der Waals surface area contributed by atoms with Crippen molar-refractivity contribution in [1.29, 1.82) is 0 Å². The predicted octanol–water partition coefficient (Wildman–Crippen LogP) is 3.33. The number of pyridine rings is 1. The second-order valence-corrected chi connectivity index (χ2v) is 6.57. The Morgan fingerprint density at radius 3 is 2.48 bits per heavy atom. The number of ether oxygens (including phenoxy) is 1. The summed E-state index contributed by atoms with van der Waals surface area (Å²) in [5.41, 5.74) is 1.55. The van der Waals surface area contributed by atoms with Gasteiger partial charge in [0.1, 0.15) is 0 Å². The highest BCUT2D eigenvalue weighted by Crippen LogP contribution is 2.35. The molecular formula is C14H13F3N2O3S. The topological polar surface area (TPSA) is 68.3 Å². The standard InChI is InChI=1S/C14H13F3N2O3S/c1-9-5-6-18-8-11(9)10-3-4-12(19-23(2,20)21)13(7-10)22-14(15,16)17/h3-8,19H,1-2H3. The Labute approximate surface area is 131 Å². The molecule has 0 spiro atoms. The van der Waals surface area contributed by atoms with E-state index in [-0.39, 0.29) is 5.69 Å². The summed E-state index contributed by atoms with van der Waals surface area (Å²) >= 11 is 0. The maximum Gasteiger partial charge on any atom is 0.573 e. The highest BCUT2D eigenvalue weighted by molar-refractivity contribution is 7.92. The molecule has 2 aromatic rings. The van der Waals surface area contributed by atoms with Crippen molar-refractivity contribution in [3.8, 4) is 16.9 Å². The van der Waals surface area contributed by atoms with Crippen LogP contribution in [-0.4, -0.2) is 26.0 Å². The molecule has 0 bridgehead atoms. The third kappa shape index (κ3) is 4.85. The average Bonchev–Trinajstić information content (AvgIpc) is 2.38. The predicted molar refractivity (Wildman–Crippen MR) is 79.6 cm³/mol. The van der Waals surface area contributed by atoms with Crippen LogP contribution in [0.15, 0.2) is 36.7 Å². The fraction of sp³-hybridized carbons (Fsp3) is 0.214. The average molecular weight is 346 g/mol. The molecule has 1 aromatic carbocycles. The van der Waals surface area contributed by atoms with Crippen LogP contribution in [0.4, 0.5) is 18.9 Å². The van der Waals surface area contributed by atoms with Crippen molar-refractivity contribution < 1.29 is 26.3 Å². The van der Waals surface area contributed by atoms with Crippen molar-refractivity contribution in [3.05, 3.63) is 42.2 Å². The van der Waals surface area contributed by atoms with Gasteiger partial charge in [-0.2, -0.15) is 0 Å². The molecule has 2 rings (SSSR count). The number of hydrogen-bond donors (Lipinski definition) is 1. The number of nitrogens with zero attached hydrogens (tertiary/aromatic N) is 1. The highest BCUT2D eigenvalue weighted by atomic mass is 32.2. The zero-order valence-electron chi connectivity index (χ0n) is 12.2. The molecule has 0 amide bonds. The van der Waals surface area contributed by atoms with Crippen LogP contribution in [0.25, 0.3) is 11.1 Å². The first-order valence-corrected chi connectivity index (χ1v) is 8.23. The monoisotopic (exact) mass is 346 g/mol. The third-order valence-corrected chi connectivity index (χ3v) is 3.44. The van der Waals surface area contributed by atoms with E-state index in [0.29, 0.717) is 11.1 Å². The summed E-state index contributed by atoms with van der Waals surface area (Å²) in [6.07, 6.45) is -1.04. The van der Waals surface area contributed by atoms with E-state index in [1.807, 2.05) is 4.72 Å². The Hall–Kier alpha value is -2.29. The van der Waals surface area contributed by atoms with Gasteiger partial charge in [-0.1, -0.05) is 6.07 Å². The van der Waals surface area contributed by atoms with E-state index in [2.05, 4.69) is 9.72 Å². The molecular weight excluding hydrogens is 333 g/mol. The number of rotatable bonds is 4. The van der Waals surface area contributed by atoms with Crippen LogP contribution in [0, 0.1) is 6.92 Å². The highest BCUT2D eigenvalue weighted by Gasteiger charge is 2.32. The lowest BCUT2D eigenvalue weighted by Crippen LogP contribution is -2.19. The number of hydrogen-bond acceptors (Lipinski definition) is 4. The molecule has 1 N–H and O–H groups in total. The smallest absolute Gasteiger partial charge is 0.404 e. The van der Waals surface area contributed by atoms with Gasteiger partial charge in [0.2, 0.25) is 10.0 Å². The first kappa shape index (κ1) is 17.1. The van der Waals surface area contributed by atoms with Crippen LogP contribution in [-0.2, 0) is 10.0 Å². The Morgan fingerprint density at radius 2 is 1.91 bits per heavy atom. The molecule has 0 saturated heterocycles. The molecule has 0 fully saturated rings. The van der Waals surface area contributed by atoms with Crippen molar-refractivity contribution in [2.24, 2.45) is 0 Å². The summed E-state index contributed by atoms with van der Waals surface area (Å²) in [6.45, 7) is 1.78. The van der Waals surface area contributed by atoms with Gasteiger partial charge in [-0.25, -0.2) is 8.42 Å². The molecule has 0 unspecified atom stereocenters. The van der Waals surface area contributed by atoms with E-state index in [1.165, 1.54) is 18.3 Å². The van der Waals surface area contributed by atoms with E-state index < -0.39 is 22.1 Å².